The lowest BCUT2D eigenvalue weighted by Gasteiger charge is -2.13. The maximum Gasteiger partial charge on any atom is 0.327 e. The molecule has 1 saturated heterocycles. The Balaban J connectivity index is 2.35. The molecule has 0 saturated carbocycles. The zero-order chi connectivity index (χ0) is 13.3. The third kappa shape index (κ3) is 2.28. The summed E-state index contributed by atoms with van der Waals surface area (Å²) in [5, 5.41) is 20.8. The first kappa shape index (κ1) is 12.4. The van der Waals surface area contributed by atoms with Crippen molar-refractivity contribution in [2.24, 2.45) is 0 Å². The molecule has 1 heterocycles. The Morgan fingerprint density at radius 2 is 2.22 bits per heavy atom. The van der Waals surface area contributed by atoms with Gasteiger partial charge in [0.1, 0.15) is 6.04 Å². The fraction of sp³-hybridized carbons (Fsp3) is 0.200. The number of nitrogens with zero attached hydrogens (tertiary/aromatic N) is 1. The van der Waals surface area contributed by atoms with Crippen LogP contribution in [0.2, 0.25) is 0 Å². The molecule has 2 atom stereocenters. The first-order chi connectivity index (χ1) is 8.49. The van der Waals surface area contributed by atoms with Gasteiger partial charge in [0.25, 0.3) is 10.9 Å². The number of rotatable bonds is 3. The van der Waals surface area contributed by atoms with Gasteiger partial charge in [0, 0.05) is 12.1 Å². The lowest BCUT2D eigenvalue weighted by Crippen LogP contribution is -2.35. The Labute approximate surface area is 105 Å². The first-order valence-electron chi connectivity index (χ1n) is 4.93. The molecule has 1 aromatic carbocycles. The van der Waals surface area contributed by atoms with Gasteiger partial charge < -0.3 is 10.4 Å². The van der Waals surface area contributed by atoms with Gasteiger partial charge in [-0.15, -0.1) is 0 Å². The number of nitrogens with one attached hydrogen (secondary N) is 1. The lowest BCUT2D eigenvalue weighted by atomic mass is 10.0. The van der Waals surface area contributed by atoms with E-state index in [1.807, 2.05) is 0 Å². The van der Waals surface area contributed by atoms with E-state index in [1.165, 1.54) is 18.2 Å². The number of aliphatic carboxylic acids is 1. The molecule has 1 fully saturated rings. The SMILES string of the molecule is O=C1NC(C(=O)O)C(c2cccc([N+](=O)[O-])c2)S1. The highest BCUT2D eigenvalue weighted by atomic mass is 32.2. The standard InChI is InChI=1S/C10H8N2O5S/c13-9(14)7-8(18-10(15)11-7)5-2-1-3-6(4-5)12(16)17/h1-4,7-8H,(H,11,15)(H,13,14). The normalized spacial score (nSPS) is 22.6. The van der Waals surface area contributed by atoms with E-state index in [0.29, 0.717) is 5.56 Å². The molecule has 0 aliphatic carbocycles. The number of carboxylic acids is 1. The molecule has 1 aliphatic rings. The van der Waals surface area contributed by atoms with Crippen LogP contribution in [-0.4, -0.2) is 27.3 Å². The average molecular weight is 268 g/mol. The number of carboxylic acid groups (broad SMARTS) is 1. The van der Waals surface area contributed by atoms with Gasteiger partial charge >= 0.3 is 5.97 Å². The minimum Gasteiger partial charge on any atom is -0.480 e. The third-order valence-electron chi connectivity index (χ3n) is 2.49. The molecule has 0 radical (unpaired) electrons. The zero-order valence-electron chi connectivity index (χ0n) is 8.90. The molecule has 0 spiro atoms. The third-order valence-corrected chi connectivity index (χ3v) is 3.62. The lowest BCUT2D eigenvalue weighted by molar-refractivity contribution is -0.384. The summed E-state index contributed by atoms with van der Waals surface area (Å²) in [6.45, 7) is 0. The summed E-state index contributed by atoms with van der Waals surface area (Å²) in [5.41, 5.74) is 0.316. The second-order valence-electron chi connectivity index (χ2n) is 3.64. The second kappa shape index (κ2) is 4.65. The predicted molar refractivity (Wildman–Crippen MR) is 63.4 cm³/mol. The molecule has 2 unspecified atom stereocenters. The van der Waals surface area contributed by atoms with Crippen LogP contribution in [0.1, 0.15) is 10.8 Å². The molecule has 0 bridgehead atoms. The van der Waals surface area contributed by atoms with Gasteiger partial charge in [-0.1, -0.05) is 23.9 Å². The maximum atomic E-state index is 11.2. The Morgan fingerprint density at radius 1 is 1.50 bits per heavy atom. The summed E-state index contributed by atoms with van der Waals surface area (Å²) in [6.07, 6.45) is 0. The van der Waals surface area contributed by atoms with Gasteiger partial charge in [0.15, 0.2) is 0 Å². The quantitative estimate of drug-likeness (QED) is 0.635. The first-order valence-corrected chi connectivity index (χ1v) is 5.81. The topological polar surface area (TPSA) is 110 Å². The van der Waals surface area contributed by atoms with Crippen LogP contribution in [0.4, 0.5) is 10.5 Å². The Bertz CT molecular complexity index is 533. The molecular formula is C10H8N2O5S. The highest BCUT2D eigenvalue weighted by molar-refractivity contribution is 8.14. The molecule has 1 aromatic rings. The zero-order valence-corrected chi connectivity index (χ0v) is 9.72. The fourth-order valence-electron chi connectivity index (χ4n) is 1.69. The van der Waals surface area contributed by atoms with Crippen molar-refractivity contribution >= 4 is 28.7 Å². The number of hydrogen-bond acceptors (Lipinski definition) is 5. The summed E-state index contributed by atoms with van der Waals surface area (Å²) in [7, 11) is 0. The van der Waals surface area contributed by atoms with E-state index in [1.54, 1.807) is 6.07 Å². The van der Waals surface area contributed by atoms with Gasteiger partial charge in [-0.25, -0.2) is 4.79 Å². The van der Waals surface area contributed by atoms with Crippen molar-refractivity contribution in [2.75, 3.05) is 0 Å². The summed E-state index contributed by atoms with van der Waals surface area (Å²) in [6, 6.07) is 4.57. The van der Waals surface area contributed by atoms with E-state index in [9.17, 15) is 19.7 Å². The van der Waals surface area contributed by atoms with E-state index in [-0.39, 0.29) is 5.69 Å². The minimum absolute atomic E-state index is 0.128. The van der Waals surface area contributed by atoms with E-state index >= 15 is 0 Å². The summed E-state index contributed by atoms with van der Waals surface area (Å²) < 4.78 is 0. The molecule has 0 aromatic heterocycles. The van der Waals surface area contributed by atoms with Crippen LogP contribution in [-0.2, 0) is 4.79 Å². The number of benzene rings is 1. The van der Waals surface area contributed by atoms with Crippen molar-refractivity contribution < 1.29 is 19.6 Å². The van der Waals surface area contributed by atoms with Gasteiger partial charge in [0.05, 0.1) is 10.2 Å². The van der Waals surface area contributed by atoms with Crippen LogP contribution in [0.5, 0.6) is 0 Å². The van der Waals surface area contributed by atoms with Crippen LogP contribution in [0, 0.1) is 10.1 Å². The number of amides is 1. The highest BCUT2D eigenvalue weighted by Crippen LogP contribution is 2.38. The van der Waals surface area contributed by atoms with Crippen molar-refractivity contribution in [3.05, 3.63) is 39.9 Å². The van der Waals surface area contributed by atoms with Gasteiger partial charge in [-0.2, -0.15) is 0 Å². The van der Waals surface area contributed by atoms with Crippen LogP contribution in [0.15, 0.2) is 24.3 Å². The van der Waals surface area contributed by atoms with E-state index < -0.39 is 27.4 Å². The van der Waals surface area contributed by atoms with Crippen LogP contribution in [0.25, 0.3) is 0 Å². The number of non-ortho nitro benzene ring substituents is 1. The van der Waals surface area contributed by atoms with Crippen molar-refractivity contribution in [1.82, 2.24) is 5.32 Å². The van der Waals surface area contributed by atoms with E-state index in [2.05, 4.69) is 5.32 Å². The van der Waals surface area contributed by atoms with Crippen molar-refractivity contribution in [3.8, 4) is 0 Å². The minimum atomic E-state index is -1.16. The molecular weight excluding hydrogens is 260 g/mol. The van der Waals surface area contributed by atoms with Gasteiger partial charge in [-0.05, 0) is 5.56 Å². The van der Waals surface area contributed by atoms with Crippen LogP contribution >= 0.6 is 11.8 Å². The summed E-state index contributed by atoms with van der Waals surface area (Å²) in [5.74, 6) is -1.16. The number of hydrogen-bond donors (Lipinski definition) is 2. The smallest absolute Gasteiger partial charge is 0.327 e. The molecule has 2 rings (SSSR count). The average Bonchev–Trinajstić information content (AvgIpc) is 2.72. The van der Waals surface area contributed by atoms with Gasteiger partial charge in [-0.3, -0.25) is 14.9 Å². The monoisotopic (exact) mass is 268 g/mol. The van der Waals surface area contributed by atoms with Crippen molar-refractivity contribution in [1.29, 1.82) is 0 Å². The van der Waals surface area contributed by atoms with E-state index in [0.717, 1.165) is 11.8 Å². The molecule has 2 N–H and O–H groups in total. The largest absolute Gasteiger partial charge is 0.480 e. The molecule has 94 valence electrons. The second-order valence-corrected chi connectivity index (χ2v) is 4.75. The highest BCUT2D eigenvalue weighted by Gasteiger charge is 2.39. The van der Waals surface area contributed by atoms with Crippen molar-refractivity contribution in [3.63, 3.8) is 0 Å². The molecule has 1 aliphatic heterocycles. The number of carbonyl (C=O) groups is 2. The number of thioether (sulfide) groups is 1. The van der Waals surface area contributed by atoms with E-state index in [4.69, 9.17) is 5.11 Å². The fourth-order valence-corrected chi connectivity index (χ4v) is 2.72. The predicted octanol–water partition coefficient (Wildman–Crippen LogP) is 1.55. The van der Waals surface area contributed by atoms with Gasteiger partial charge in [0.2, 0.25) is 0 Å². The molecule has 1 amide bonds. The Morgan fingerprint density at radius 3 is 2.83 bits per heavy atom. The number of carbonyl (C=O) groups excluding carboxylic acids is 1. The Kier molecular flexibility index (Phi) is 3.19. The summed E-state index contributed by atoms with van der Waals surface area (Å²) >= 11 is 0.822. The molecule has 8 heteroatoms. The molecule has 7 nitrogen and oxygen atoms in total. The van der Waals surface area contributed by atoms with Crippen molar-refractivity contribution in [2.45, 2.75) is 11.3 Å². The molecule has 18 heavy (non-hydrogen) atoms. The Hall–Kier alpha value is -2.09. The summed E-state index contributed by atoms with van der Waals surface area (Å²) in [4.78, 5) is 32.3. The number of nitro benzene ring substituents is 1. The van der Waals surface area contributed by atoms with Crippen LogP contribution in [0.3, 0.4) is 0 Å². The number of nitro groups is 1. The maximum absolute atomic E-state index is 11.2. The van der Waals surface area contributed by atoms with Crippen LogP contribution < -0.4 is 5.32 Å².